The predicted octanol–water partition coefficient (Wildman–Crippen LogP) is 4.26. The van der Waals surface area contributed by atoms with Crippen molar-refractivity contribution in [2.75, 3.05) is 18.4 Å². The topological polar surface area (TPSA) is 75.2 Å². The quantitative estimate of drug-likeness (QED) is 0.636. The zero-order chi connectivity index (χ0) is 22.3. The van der Waals surface area contributed by atoms with Gasteiger partial charge in [-0.3, -0.25) is 19.6 Å². The first-order valence-electron chi connectivity index (χ1n) is 11.1. The molecule has 1 N–H and O–H groups in total. The zero-order valence-corrected chi connectivity index (χ0v) is 18.3. The van der Waals surface area contributed by atoms with Crippen molar-refractivity contribution in [2.45, 2.75) is 32.6 Å². The van der Waals surface area contributed by atoms with Crippen LogP contribution >= 0.6 is 0 Å². The second-order valence-electron chi connectivity index (χ2n) is 8.32. The molecule has 0 radical (unpaired) electrons. The molecule has 1 saturated heterocycles. The van der Waals surface area contributed by atoms with E-state index in [1.165, 1.54) is 5.56 Å². The maximum Gasteiger partial charge on any atom is 0.229 e. The summed E-state index contributed by atoms with van der Waals surface area (Å²) in [6, 6.07) is 16.2. The maximum atomic E-state index is 12.9. The van der Waals surface area contributed by atoms with E-state index in [1.54, 1.807) is 18.6 Å². The van der Waals surface area contributed by atoms with E-state index < -0.39 is 0 Å². The van der Waals surface area contributed by atoms with Crippen molar-refractivity contribution in [3.8, 4) is 11.1 Å². The number of hydrogen-bond donors (Lipinski definition) is 1. The van der Waals surface area contributed by atoms with Gasteiger partial charge in [-0.2, -0.15) is 0 Å². The van der Waals surface area contributed by atoms with E-state index in [0.29, 0.717) is 25.9 Å². The van der Waals surface area contributed by atoms with Crippen molar-refractivity contribution in [1.29, 1.82) is 0 Å². The third-order valence-electron chi connectivity index (χ3n) is 5.84. The Balaban J connectivity index is 1.35. The average molecular weight is 429 g/mol. The Morgan fingerprint density at radius 3 is 2.69 bits per heavy atom. The van der Waals surface area contributed by atoms with E-state index in [4.69, 9.17) is 0 Å². The first-order chi connectivity index (χ1) is 15.6. The molecule has 6 heteroatoms. The van der Waals surface area contributed by atoms with Crippen LogP contribution in [0.3, 0.4) is 0 Å². The monoisotopic (exact) mass is 428 g/mol. The van der Waals surface area contributed by atoms with Crippen LogP contribution in [0.4, 0.5) is 5.69 Å². The normalized spacial score (nSPS) is 15.9. The highest BCUT2D eigenvalue weighted by Crippen LogP contribution is 2.25. The summed E-state index contributed by atoms with van der Waals surface area (Å²) in [7, 11) is 0. The summed E-state index contributed by atoms with van der Waals surface area (Å²) >= 11 is 0. The molecule has 2 heterocycles. The lowest BCUT2D eigenvalue weighted by atomic mass is 9.96. The molecule has 0 unspecified atom stereocenters. The largest absolute Gasteiger partial charge is 0.342 e. The van der Waals surface area contributed by atoms with Crippen molar-refractivity contribution >= 4 is 17.5 Å². The summed E-state index contributed by atoms with van der Waals surface area (Å²) < 4.78 is 0. The van der Waals surface area contributed by atoms with Crippen molar-refractivity contribution in [2.24, 2.45) is 5.92 Å². The molecule has 1 atom stereocenters. The van der Waals surface area contributed by atoms with Gasteiger partial charge in [0, 0.05) is 43.8 Å². The Hall–Kier alpha value is -3.54. The number of likely N-dealkylation sites (tertiary alicyclic amines) is 1. The number of carbonyl (C=O) groups excluding carboxylic acids is 2. The minimum atomic E-state index is -0.202. The number of hydrogen-bond acceptors (Lipinski definition) is 4. The number of amides is 2. The van der Waals surface area contributed by atoms with Crippen LogP contribution in [0.1, 0.15) is 30.5 Å². The van der Waals surface area contributed by atoms with Crippen molar-refractivity contribution < 1.29 is 9.59 Å². The lowest BCUT2D eigenvalue weighted by Crippen LogP contribution is -2.43. The molecule has 164 valence electrons. The molecular formula is C26H28N4O2. The molecule has 1 aromatic heterocycles. The molecule has 4 rings (SSSR count). The average Bonchev–Trinajstić information content (AvgIpc) is 2.83. The second-order valence-corrected chi connectivity index (χ2v) is 8.32. The minimum Gasteiger partial charge on any atom is -0.342 e. The summed E-state index contributed by atoms with van der Waals surface area (Å²) in [6.07, 6.45) is 7.50. The van der Waals surface area contributed by atoms with Crippen molar-refractivity contribution in [1.82, 2.24) is 14.9 Å². The highest BCUT2D eigenvalue weighted by molar-refractivity contribution is 5.94. The van der Waals surface area contributed by atoms with Gasteiger partial charge in [0.1, 0.15) is 0 Å². The van der Waals surface area contributed by atoms with E-state index in [1.807, 2.05) is 35.2 Å². The van der Waals surface area contributed by atoms with Crippen LogP contribution in [-0.4, -0.2) is 39.8 Å². The number of benzene rings is 2. The van der Waals surface area contributed by atoms with E-state index in [9.17, 15) is 9.59 Å². The van der Waals surface area contributed by atoms with Crippen LogP contribution in [0.5, 0.6) is 0 Å². The van der Waals surface area contributed by atoms with Gasteiger partial charge in [0.25, 0.3) is 0 Å². The third kappa shape index (κ3) is 5.58. The number of rotatable bonds is 6. The summed E-state index contributed by atoms with van der Waals surface area (Å²) in [5.74, 6) is -0.167. The number of aryl methyl sites for hydroxylation is 2. The number of nitrogens with one attached hydrogen (secondary N) is 1. The molecule has 6 nitrogen and oxygen atoms in total. The molecule has 1 aliphatic heterocycles. The molecule has 0 aliphatic carbocycles. The number of piperidine rings is 1. The van der Waals surface area contributed by atoms with Crippen LogP contribution < -0.4 is 5.32 Å². The Morgan fingerprint density at radius 2 is 1.91 bits per heavy atom. The molecule has 32 heavy (non-hydrogen) atoms. The standard InChI is InChI=1S/C26H28N4O2/c1-19-5-2-6-20(15-19)21-7-3-9-23(16-21)29-26(32)22-8-4-14-30(18-22)25(31)11-10-24-17-27-12-13-28-24/h2-3,5-7,9,12-13,15-17,22H,4,8,10-11,14,18H2,1H3,(H,29,32)/t22-/m0/s1. The molecular weight excluding hydrogens is 400 g/mol. The van der Waals surface area contributed by atoms with Gasteiger partial charge >= 0.3 is 0 Å². The minimum absolute atomic E-state index is 0.0298. The molecule has 2 aromatic carbocycles. The molecule has 2 amide bonds. The number of anilines is 1. The lowest BCUT2D eigenvalue weighted by molar-refractivity contribution is -0.134. The van der Waals surface area contributed by atoms with E-state index in [-0.39, 0.29) is 17.7 Å². The number of aromatic nitrogens is 2. The van der Waals surface area contributed by atoms with Gasteiger partial charge in [-0.05, 0) is 49.4 Å². The van der Waals surface area contributed by atoms with Gasteiger partial charge in [-0.15, -0.1) is 0 Å². The van der Waals surface area contributed by atoms with E-state index in [0.717, 1.165) is 35.3 Å². The Labute approximate surface area is 188 Å². The summed E-state index contributed by atoms with van der Waals surface area (Å²) in [6.45, 7) is 3.23. The second kappa shape index (κ2) is 10.2. The third-order valence-corrected chi connectivity index (χ3v) is 5.84. The van der Waals surface area contributed by atoms with Gasteiger partial charge < -0.3 is 10.2 Å². The zero-order valence-electron chi connectivity index (χ0n) is 18.3. The fourth-order valence-electron chi connectivity index (χ4n) is 4.12. The van der Waals surface area contributed by atoms with Crippen LogP contribution in [0, 0.1) is 12.8 Å². The molecule has 0 spiro atoms. The Morgan fingerprint density at radius 1 is 1.09 bits per heavy atom. The SMILES string of the molecule is Cc1cccc(-c2cccc(NC(=O)[C@H]3CCCN(C(=O)CCc4cnccn4)C3)c2)c1. The van der Waals surface area contributed by atoms with Gasteiger partial charge in [-0.25, -0.2) is 0 Å². The Kier molecular flexibility index (Phi) is 6.90. The summed E-state index contributed by atoms with van der Waals surface area (Å²) in [5, 5.41) is 3.06. The highest BCUT2D eigenvalue weighted by atomic mass is 16.2. The predicted molar refractivity (Wildman–Crippen MR) is 125 cm³/mol. The summed E-state index contributed by atoms with van der Waals surface area (Å²) in [5.41, 5.74) is 4.97. The first kappa shape index (κ1) is 21.7. The van der Waals surface area contributed by atoms with Crippen LogP contribution in [0.15, 0.2) is 67.1 Å². The fourth-order valence-corrected chi connectivity index (χ4v) is 4.12. The summed E-state index contributed by atoms with van der Waals surface area (Å²) in [4.78, 5) is 35.7. The molecule has 3 aromatic rings. The molecule has 1 fully saturated rings. The van der Waals surface area contributed by atoms with Crippen LogP contribution in [-0.2, 0) is 16.0 Å². The van der Waals surface area contributed by atoms with Crippen LogP contribution in [0.2, 0.25) is 0 Å². The molecule has 0 bridgehead atoms. The number of carbonyl (C=O) groups is 2. The fraction of sp³-hybridized carbons (Fsp3) is 0.308. The first-order valence-corrected chi connectivity index (χ1v) is 11.1. The van der Waals surface area contributed by atoms with Crippen LogP contribution in [0.25, 0.3) is 11.1 Å². The van der Waals surface area contributed by atoms with Gasteiger partial charge in [0.2, 0.25) is 11.8 Å². The van der Waals surface area contributed by atoms with Gasteiger partial charge in [0.15, 0.2) is 0 Å². The molecule has 1 aliphatic rings. The van der Waals surface area contributed by atoms with E-state index >= 15 is 0 Å². The van der Waals surface area contributed by atoms with E-state index in [2.05, 4.69) is 40.4 Å². The maximum absolute atomic E-state index is 12.9. The van der Waals surface area contributed by atoms with Crippen molar-refractivity contribution in [3.63, 3.8) is 0 Å². The lowest BCUT2D eigenvalue weighted by Gasteiger charge is -2.32. The highest BCUT2D eigenvalue weighted by Gasteiger charge is 2.28. The number of nitrogens with zero attached hydrogens (tertiary/aromatic N) is 3. The van der Waals surface area contributed by atoms with Gasteiger partial charge in [0.05, 0.1) is 11.6 Å². The Bertz CT molecular complexity index is 1080. The van der Waals surface area contributed by atoms with Gasteiger partial charge in [-0.1, -0.05) is 42.0 Å². The molecule has 0 saturated carbocycles. The smallest absolute Gasteiger partial charge is 0.229 e. The van der Waals surface area contributed by atoms with Crippen molar-refractivity contribution in [3.05, 3.63) is 78.4 Å².